The first kappa shape index (κ1) is 18.2. The standard InChI is InChI=1S/C27H22NO2/c1-29-21-16-14-19(15-17-21)24-11-7-12-25-22-9-4-3-8-20(22)18-26(28(24)25)23-10-5-6-13-27(23)30-2/h3-18H,1-2H3/q+1. The van der Waals surface area contributed by atoms with Gasteiger partial charge in [0.25, 0.3) is 0 Å². The summed E-state index contributed by atoms with van der Waals surface area (Å²) >= 11 is 0. The second kappa shape index (κ2) is 7.53. The van der Waals surface area contributed by atoms with E-state index in [9.17, 15) is 0 Å². The van der Waals surface area contributed by atoms with Crippen molar-refractivity contribution in [3.8, 4) is 34.0 Å². The van der Waals surface area contributed by atoms with Gasteiger partial charge in [-0.1, -0.05) is 30.3 Å². The Labute approximate surface area is 175 Å². The summed E-state index contributed by atoms with van der Waals surface area (Å²) in [7, 11) is 3.41. The SMILES string of the molecule is COc1ccc(-c2cccc3c4ccccc4cc(-c4ccccc4OC)[n+]23)cc1. The van der Waals surface area contributed by atoms with Crippen molar-refractivity contribution in [1.82, 2.24) is 0 Å². The van der Waals surface area contributed by atoms with E-state index < -0.39 is 0 Å². The summed E-state index contributed by atoms with van der Waals surface area (Å²) in [4.78, 5) is 0. The van der Waals surface area contributed by atoms with Crippen LogP contribution in [-0.4, -0.2) is 14.2 Å². The number of aromatic nitrogens is 1. The maximum atomic E-state index is 5.71. The molecule has 30 heavy (non-hydrogen) atoms. The fourth-order valence-corrected chi connectivity index (χ4v) is 4.09. The fourth-order valence-electron chi connectivity index (χ4n) is 4.09. The monoisotopic (exact) mass is 392 g/mol. The molecular formula is C27H22NO2+. The Kier molecular flexibility index (Phi) is 4.56. The van der Waals surface area contributed by atoms with Crippen LogP contribution in [0, 0.1) is 0 Å². The molecule has 2 aromatic heterocycles. The Morgan fingerprint density at radius 1 is 0.633 bits per heavy atom. The van der Waals surface area contributed by atoms with Crippen molar-refractivity contribution < 1.29 is 13.9 Å². The number of nitrogens with zero attached hydrogens (tertiary/aromatic N) is 1. The Balaban J connectivity index is 1.91. The van der Waals surface area contributed by atoms with Crippen LogP contribution >= 0.6 is 0 Å². The Hall–Kier alpha value is -3.85. The molecule has 0 unspecified atom stereocenters. The normalized spacial score (nSPS) is 11.0. The number of hydrogen-bond donors (Lipinski definition) is 0. The van der Waals surface area contributed by atoms with Crippen molar-refractivity contribution in [3.63, 3.8) is 0 Å². The first-order chi connectivity index (χ1) is 14.8. The van der Waals surface area contributed by atoms with Gasteiger partial charge in [-0.2, -0.15) is 4.40 Å². The number of methoxy groups -OCH3 is 2. The number of ether oxygens (including phenoxy) is 2. The highest BCUT2D eigenvalue weighted by atomic mass is 16.5. The van der Waals surface area contributed by atoms with E-state index in [0.717, 1.165) is 39.5 Å². The molecule has 0 saturated heterocycles. The van der Waals surface area contributed by atoms with Gasteiger partial charge < -0.3 is 9.47 Å². The first-order valence-corrected chi connectivity index (χ1v) is 9.94. The number of pyridine rings is 2. The third-order valence-electron chi connectivity index (χ3n) is 5.53. The van der Waals surface area contributed by atoms with E-state index in [1.807, 2.05) is 24.3 Å². The minimum atomic E-state index is 0.847. The van der Waals surface area contributed by atoms with Crippen molar-refractivity contribution in [2.45, 2.75) is 0 Å². The molecule has 0 bridgehead atoms. The molecule has 3 aromatic carbocycles. The molecule has 0 radical (unpaired) electrons. The zero-order valence-electron chi connectivity index (χ0n) is 17.0. The highest BCUT2D eigenvalue weighted by molar-refractivity contribution is 5.96. The maximum absolute atomic E-state index is 5.71. The van der Waals surface area contributed by atoms with E-state index >= 15 is 0 Å². The second-order valence-corrected chi connectivity index (χ2v) is 7.18. The van der Waals surface area contributed by atoms with Crippen LogP contribution in [0.1, 0.15) is 0 Å². The zero-order chi connectivity index (χ0) is 20.5. The molecule has 0 spiro atoms. The van der Waals surface area contributed by atoms with E-state index in [0.29, 0.717) is 0 Å². The van der Waals surface area contributed by atoms with Gasteiger partial charge >= 0.3 is 0 Å². The summed E-state index contributed by atoms with van der Waals surface area (Å²) in [5.74, 6) is 1.70. The van der Waals surface area contributed by atoms with Crippen molar-refractivity contribution in [3.05, 3.63) is 97.1 Å². The molecular weight excluding hydrogens is 370 g/mol. The Morgan fingerprint density at radius 3 is 2.20 bits per heavy atom. The van der Waals surface area contributed by atoms with Crippen LogP contribution in [0.4, 0.5) is 0 Å². The van der Waals surface area contributed by atoms with Gasteiger partial charge in [-0.15, -0.1) is 0 Å². The Morgan fingerprint density at radius 2 is 1.40 bits per heavy atom. The summed E-state index contributed by atoms with van der Waals surface area (Å²) in [6.45, 7) is 0. The maximum Gasteiger partial charge on any atom is 0.223 e. The van der Waals surface area contributed by atoms with Gasteiger partial charge in [0.2, 0.25) is 16.9 Å². The molecule has 2 heterocycles. The van der Waals surface area contributed by atoms with Crippen LogP contribution in [0.5, 0.6) is 11.5 Å². The van der Waals surface area contributed by atoms with Crippen LogP contribution in [0.2, 0.25) is 0 Å². The van der Waals surface area contributed by atoms with Gasteiger partial charge in [0.15, 0.2) is 0 Å². The van der Waals surface area contributed by atoms with Gasteiger partial charge in [0.1, 0.15) is 11.5 Å². The number of benzene rings is 3. The lowest BCUT2D eigenvalue weighted by Crippen LogP contribution is -2.28. The molecule has 0 aliphatic heterocycles. The second-order valence-electron chi connectivity index (χ2n) is 7.18. The average molecular weight is 392 g/mol. The van der Waals surface area contributed by atoms with Crippen molar-refractivity contribution in [2.24, 2.45) is 0 Å². The molecule has 0 aliphatic rings. The van der Waals surface area contributed by atoms with Gasteiger partial charge in [0.05, 0.1) is 25.2 Å². The molecule has 5 aromatic rings. The van der Waals surface area contributed by atoms with E-state index in [-0.39, 0.29) is 0 Å². The highest BCUT2D eigenvalue weighted by Gasteiger charge is 2.23. The lowest BCUT2D eigenvalue weighted by Gasteiger charge is -2.11. The largest absolute Gasteiger partial charge is 0.497 e. The van der Waals surface area contributed by atoms with Crippen LogP contribution in [-0.2, 0) is 0 Å². The third-order valence-corrected chi connectivity index (χ3v) is 5.53. The van der Waals surface area contributed by atoms with E-state index in [1.54, 1.807) is 14.2 Å². The minimum Gasteiger partial charge on any atom is -0.497 e. The number of hydrogen-bond acceptors (Lipinski definition) is 2. The summed E-state index contributed by atoms with van der Waals surface area (Å²) in [5.41, 5.74) is 5.54. The van der Waals surface area contributed by atoms with Crippen molar-refractivity contribution in [2.75, 3.05) is 14.2 Å². The summed E-state index contributed by atoms with van der Waals surface area (Å²) < 4.78 is 13.4. The average Bonchev–Trinajstić information content (AvgIpc) is 2.83. The van der Waals surface area contributed by atoms with Gasteiger partial charge in [0, 0.05) is 23.8 Å². The third kappa shape index (κ3) is 2.96. The quantitative estimate of drug-likeness (QED) is 0.279. The fraction of sp³-hybridized carbons (Fsp3) is 0.0741. The van der Waals surface area contributed by atoms with Crippen molar-refractivity contribution >= 4 is 16.3 Å². The van der Waals surface area contributed by atoms with Crippen molar-refractivity contribution in [1.29, 1.82) is 0 Å². The minimum absolute atomic E-state index is 0.847. The van der Waals surface area contributed by atoms with Crippen LogP contribution in [0.3, 0.4) is 0 Å². The predicted molar refractivity (Wildman–Crippen MR) is 121 cm³/mol. The first-order valence-electron chi connectivity index (χ1n) is 9.94. The van der Waals surface area contributed by atoms with E-state index in [2.05, 4.69) is 77.2 Å². The summed E-state index contributed by atoms with van der Waals surface area (Å²) in [6, 6.07) is 33.6. The van der Waals surface area contributed by atoms with Gasteiger partial charge in [-0.25, -0.2) is 0 Å². The number of para-hydroxylation sites is 1. The molecule has 0 N–H and O–H groups in total. The number of rotatable bonds is 4. The molecule has 0 amide bonds. The summed E-state index contributed by atoms with van der Waals surface area (Å²) in [5, 5.41) is 2.41. The van der Waals surface area contributed by atoms with E-state index in [1.165, 1.54) is 10.8 Å². The van der Waals surface area contributed by atoms with Crippen LogP contribution in [0.25, 0.3) is 38.8 Å². The van der Waals surface area contributed by atoms with Crippen LogP contribution in [0.15, 0.2) is 97.1 Å². The smallest absolute Gasteiger partial charge is 0.223 e. The molecule has 0 atom stereocenters. The lowest BCUT2D eigenvalue weighted by atomic mass is 10.0. The molecule has 3 nitrogen and oxygen atoms in total. The molecule has 0 fully saturated rings. The van der Waals surface area contributed by atoms with E-state index in [4.69, 9.17) is 9.47 Å². The lowest BCUT2D eigenvalue weighted by molar-refractivity contribution is -0.485. The molecule has 0 aliphatic carbocycles. The van der Waals surface area contributed by atoms with Crippen LogP contribution < -0.4 is 13.9 Å². The molecule has 5 rings (SSSR count). The molecule has 3 heteroatoms. The Bertz CT molecular complexity index is 1360. The number of fused-ring (bicyclic) bond motifs is 3. The van der Waals surface area contributed by atoms with Gasteiger partial charge in [-0.05, 0) is 53.9 Å². The predicted octanol–water partition coefficient (Wildman–Crippen LogP) is 5.93. The zero-order valence-corrected chi connectivity index (χ0v) is 17.0. The summed E-state index contributed by atoms with van der Waals surface area (Å²) in [6.07, 6.45) is 0. The highest BCUT2D eigenvalue weighted by Crippen LogP contribution is 2.32. The molecule has 0 saturated carbocycles. The molecule has 146 valence electrons. The van der Waals surface area contributed by atoms with Gasteiger partial charge in [-0.3, -0.25) is 0 Å². The topological polar surface area (TPSA) is 22.6 Å².